The zero-order valence-corrected chi connectivity index (χ0v) is 14.2. The maximum Gasteiger partial charge on any atom is 0.133 e. The van der Waals surface area contributed by atoms with Crippen LogP contribution in [0.2, 0.25) is 0 Å². The summed E-state index contributed by atoms with van der Waals surface area (Å²) in [5.74, 6) is 1.18. The first-order valence-corrected chi connectivity index (χ1v) is 8.67. The van der Waals surface area contributed by atoms with Crippen LogP contribution in [-0.4, -0.2) is 24.1 Å². The molecule has 1 atom stereocenters. The highest BCUT2D eigenvalue weighted by Crippen LogP contribution is 2.29. The summed E-state index contributed by atoms with van der Waals surface area (Å²) in [6, 6.07) is 2.87. The van der Waals surface area contributed by atoms with Crippen molar-refractivity contribution in [3.05, 3.63) is 22.3 Å². The van der Waals surface area contributed by atoms with Crippen LogP contribution in [0.25, 0.3) is 0 Å². The van der Waals surface area contributed by atoms with Crippen LogP contribution in [0.1, 0.15) is 51.5 Å². The largest absolute Gasteiger partial charge is 0.353 e. The van der Waals surface area contributed by atoms with Gasteiger partial charge in [0, 0.05) is 35.4 Å². The van der Waals surface area contributed by atoms with Crippen molar-refractivity contribution in [2.75, 3.05) is 18.0 Å². The van der Waals surface area contributed by atoms with E-state index in [0.29, 0.717) is 6.04 Å². The van der Waals surface area contributed by atoms with Crippen LogP contribution in [0.15, 0.2) is 16.7 Å². The number of nitrogens with one attached hydrogen (secondary N) is 1. The second-order valence-electron chi connectivity index (χ2n) is 5.56. The molecule has 3 nitrogen and oxygen atoms in total. The third kappa shape index (κ3) is 3.95. The third-order valence-corrected chi connectivity index (χ3v) is 4.46. The minimum Gasteiger partial charge on any atom is -0.353 e. The number of aromatic nitrogens is 1. The quantitative estimate of drug-likeness (QED) is 0.790. The second kappa shape index (κ2) is 7.99. The van der Waals surface area contributed by atoms with E-state index in [1.807, 2.05) is 6.20 Å². The Morgan fingerprint density at radius 2 is 2.25 bits per heavy atom. The molecule has 0 radical (unpaired) electrons. The fourth-order valence-electron chi connectivity index (χ4n) is 2.97. The zero-order chi connectivity index (χ0) is 14.4. The number of pyridine rings is 1. The van der Waals surface area contributed by atoms with Gasteiger partial charge in [-0.15, -0.1) is 0 Å². The second-order valence-corrected chi connectivity index (χ2v) is 6.48. The average molecular weight is 340 g/mol. The molecule has 2 rings (SSSR count). The molecule has 1 aromatic heterocycles. The Morgan fingerprint density at radius 3 is 3.00 bits per heavy atom. The van der Waals surface area contributed by atoms with Gasteiger partial charge in [0.2, 0.25) is 0 Å². The number of nitrogens with zero attached hydrogens (tertiary/aromatic N) is 2. The summed E-state index contributed by atoms with van der Waals surface area (Å²) < 4.78 is 1.07. The van der Waals surface area contributed by atoms with Crippen LogP contribution >= 0.6 is 15.9 Å². The van der Waals surface area contributed by atoms with Crippen molar-refractivity contribution in [1.82, 2.24) is 10.3 Å². The molecule has 0 bridgehead atoms. The van der Waals surface area contributed by atoms with Gasteiger partial charge < -0.3 is 10.2 Å². The summed E-state index contributed by atoms with van der Waals surface area (Å²) in [5, 5.41) is 3.50. The predicted molar refractivity (Wildman–Crippen MR) is 89.2 cm³/mol. The van der Waals surface area contributed by atoms with E-state index in [1.54, 1.807) is 0 Å². The van der Waals surface area contributed by atoms with Gasteiger partial charge in [-0.2, -0.15) is 0 Å². The van der Waals surface area contributed by atoms with Crippen LogP contribution in [0.3, 0.4) is 0 Å². The van der Waals surface area contributed by atoms with E-state index < -0.39 is 0 Å². The van der Waals surface area contributed by atoms with Crippen molar-refractivity contribution in [3.8, 4) is 0 Å². The molecule has 1 unspecified atom stereocenters. The Balaban J connectivity index is 2.19. The number of rotatable bonds is 6. The molecule has 1 aliphatic heterocycles. The molecule has 0 aromatic carbocycles. The lowest BCUT2D eigenvalue weighted by Crippen LogP contribution is -2.40. The Hall–Kier alpha value is -0.610. The number of hydrogen-bond acceptors (Lipinski definition) is 3. The zero-order valence-electron chi connectivity index (χ0n) is 12.7. The minimum absolute atomic E-state index is 0.655. The average Bonchev–Trinajstić information content (AvgIpc) is 2.48. The molecule has 20 heavy (non-hydrogen) atoms. The summed E-state index contributed by atoms with van der Waals surface area (Å²) in [6.07, 6.45) is 8.25. The fourth-order valence-corrected chi connectivity index (χ4v) is 3.35. The van der Waals surface area contributed by atoms with E-state index >= 15 is 0 Å². The smallest absolute Gasteiger partial charge is 0.133 e. The monoisotopic (exact) mass is 339 g/mol. The normalized spacial score (nSPS) is 19.4. The standard InChI is InChI=1S/C16H26BrN3/c1-3-8-18-11-13-10-14(17)12-19-16(13)20-9-6-5-7-15(20)4-2/h10,12,15,18H,3-9,11H2,1-2H3. The minimum atomic E-state index is 0.655. The summed E-state index contributed by atoms with van der Waals surface area (Å²) in [5.41, 5.74) is 1.31. The van der Waals surface area contributed by atoms with Crippen LogP contribution in [0.4, 0.5) is 5.82 Å². The Bertz CT molecular complexity index is 422. The fraction of sp³-hybridized carbons (Fsp3) is 0.688. The highest BCUT2D eigenvalue weighted by molar-refractivity contribution is 9.10. The van der Waals surface area contributed by atoms with E-state index in [0.717, 1.165) is 30.5 Å². The molecule has 1 fully saturated rings. The van der Waals surface area contributed by atoms with Gasteiger partial charge >= 0.3 is 0 Å². The van der Waals surface area contributed by atoms with Gasteiger partial charge in [-0.1, -0.05) is 13.8 Å². The van der Waals surface area contributed by atoms with Crippen molar-refractivity contribution >= 4 is 21.7 Å². The Labute approximate surface area is 131 Å². The van der Waals surface area contributed by atoms with Crippen LogP contribution in [-0.2, 0) is 6.54 Å². The molecule has 0 amide bonds. The van der Waals surface area contributed by atoms with Crippen molar-refractivity contribution in [2.45, 2.75) is 58.5 Å². The van der Waals surface area contributed by atoms with Crippen LogP contribution in [0, 0.1) is 0 Å². The lowest BCUT2D eigenvalue weighted by Gasteiger charge is -2.37. The first kappa shape index (κ1) is 15.8. The molecule has 0 aliphatic carbocycles. The highest BCUT2D eigenvalue weighted by atomic mass is 79.9. The molecule has 1 saturated heterocycles. The van der Waals surface area contributed by atoms with Gasteiger partial charge in [-0.25, -0.2) is 4.98 Å². The third-order valence-electron chi connectivity index (χ3n) is 4.02. The predicted octanol–water partition coefficient (Wildman–Crippen LogP) is 4.11. The SMILES string of the molecule is CCCNCc1cc(Br)cnc1N1CCCCC1CC. The van der Waals surface area contributed by atoms with Crippen molar-refractivity contribution in [2.24, 2.45) is 0 Å². The van der Waals surface area contributed by atoms with E-state index in [-0.39, 0.29) is 0 Å². The lowest BCUT2D eigenvalue weighted by molar-refractivity contribution is 0.445. The first-order valence-electron chi connectivity index (χ1n) is 7.88. The summed E-state index contributed by atoms with van der Waals surface area (Å²) in [7, 11) is 0. The van der Waals surface area contributed by atoms with Gasteiger partial charge in [-0.05, 0) is 60.6 Å². The Kier molecular flexibility index (Phi) is 6.30. The van der Waals surface area contributed by atoms with Gasteiger partial charge in [0.15, 0.2) is 0 Å². The molecule has 2 heterocycles. The molecule has 0 saturated carbocycles. The molecule has 112 valence electrons. The maximum atomic E-state index is 4.72. The molecular formula is C16H26BrN3. The van der Waals surface area contributed by atoms with Crippen LogP contribution in [0.5, 0.6) is 0 Å². The molecular weight excluding hydrogens is 314 g/mol. The number of piperidine rings is 1. The van der Waals surface area contributed by atoms with E-state index in [4.69, 9.17) is 4.98 Å². The van der Waals surface area contributed by atoms with Gasteiger partial charge in [0.05, 0.1) is 0 Å². The Morgan fingerprint density at radius 1 is 1.40 bits per heavy atom. The summed E-state index contributed by atoms with van der Waals surface area (Å²) in [6.45, 7) is 7.60. The topological polar surface area (TPSA) is 28.2 Å². The number of hydrogen-bond donors (Lipinski definition) is 1. The van der Waals surface area contributed by atoms with Crippen molar-refractivity contribution in [3.63, 3.8) is 0 Å². The van der Waals surface area contributed by atoms with E-state index in [9.17, 15) is 0 Å². The van der Waals surface area contributed by atoms with Crippen LogP contribution < -0.4 is 10.2 Å². The van der Waals surface area contributed by atoms with Gasteiger partial charge in [-0.3, -0.25) is 0 Å². The van der Waals surface area contributed by atoms with Gasteiger partial charge in [0.1, 0.15) is 5.82 Å². The van der Waals surface area contributed by atoms with Crippen molar-refractivity contribution in [1.29, 1.82) is 0 Å². The first-order chi connectivity index (χ1) is 9.76. The molecule has 0 spiro atoms. The number of anilines is 1. The molecule has 1 N–H and O–H groups in total. The van der Waals surface area contributed by atoms with Gasteiger partial charge in [0.25, 0.3) is 0 Å². The number of halogens is 1. The lowest BCUT2D eigenvalue weighted by atomic mass is 9.99. The maximum absolute atomic E-state index is 4.72. The summed E-state index contributed by atoms with van der Waals surface area (Å²) >= 11 is 3.55. The van der Waals surface area contributed by atoms with E-state index in [1.165, 1.54) is 37.1 Å². The molecule has 1 aromatic rings. The van der Waals surface area contributed by atoms with E-state index in [2.05, 4.69) is 46.1 Å². The summed E-state index contributed by atoms with van der Waals surface area (Å²) in [4.78, 5) is 7.24. The van der Waals surface area contributed by atoms with Crippen molar-refractivity contribution < 1.29 is 0 Å². The molecule has 4 heteroatoms. The highest BCUT2D eigenvalue weighted by Gasteiger charge is 2.24. The molecule has 1 aliphatic rings.